The van der Waals surface area contributed by atoms with E-state index in [1.54, 1.807) is 6.26 Å². The van der Waals surface area contributed by atoms with Crippen LogP contribution >= 0.6 is 24.0 Å². The lowest BCUT2D eigenvalue weighted by Gasteiger charge is -2.34. The van der Waals surface area contributed by atoms with Crippen molar-refractivity contribution in [1.29, 1.82) is 0 Å². The fourth-order valence-electron chi connectivity index (χ4n) is 3.51. The molecule has 7 nitrogen and oxygen atoms in total. The molecular formula is C23H36IN5O2. The average molecular weight is 541 g/mol. The number of ether oxygens (including phenoxy) is 1. The topological polar surface area (TPSA) is 65.3 Å². The second kappa shape index (κ2) is 15.2. The van der Waals surface area contributed by atoms with E-state index in [1.807, 2.05) is 19.2 Å². The molecule has 1 fully saturated rings. The Morgan fingerprint density at radius 1 is 1.00 bits per heavy atom. The molecular weight excluding hydrogens is 505 g/mol. The molecule has 0 radical (unpaired) electrons. The molecule has 0 bridgehead atoms. The summed E-state index contributed by atoms with van der Waals surface area (Å²) in [5.41, 5.74) is 1.40. The zero-order valence-electron chi connectivity index (χ0n) is 18.5. The Morgan fingerprint density at radius 3 is 2.45 bits per heavy atom. The number of furan rings is 1. The first-order valence-corrected chi connectivity index (χ1v) is 10.9. The predicted octanol–water partition coefficient (Wildman–Crippen LogP) is 2.79. The van der Waals surface area contributed by atoms with Gasteiger partial charge in [-0.3, -0.25) is 14.8 Å². The molecule has 0 spiro atoms. The summed E-state index contributed by atoms with van der Waals surface area (Å²) >= 11 is 0. The van der Waals surface area contributed by atoms with Gasteiger partial charge in [0.15, 0.2) is 5.96 Å². The summed E-state index contributed by atoms with van der Waals surface area (Å²) in [4.78, 5) is 9.35. The monoisotopic (exact) mass is 541 g/mol. The van der Waals surface area contributed by atoms with Crippen molar-refractivity contribution in [2.45, 2.75) is 19.6 Å². The highest BCUT2D eigenvalue weighted by Gasteiger charge is 2.16. The van der Waals surface area contributed by atoms with Gasteiger partial charge in [0.25, 0.3) is 0 Å². The van der Waals surface area contributed by atoms with Gasteiger partial charge in [-0.15, -0.1) is 24.0 Å². The number of halogens is 1. The number of nitrogens with one attached hydrogen (secondary N) is 2. The van der Waals surface area contributed by atoms with Gasteiger partial charge in [0, 0.05) is 66.0 Å². The largest absolute Gasteiger partial charge is 0.467 e. The number of rotatable bonds is 11. The van der Waals surface area contributed by atoms with Crippen molar-refractivity contribution < 1.29 is 9.15 Å². The van der Waals surface area contributed by atoms with Gasteiger partial charge >= 0.3 is 0 Å². The lowest BCUT2D eigenvalue weighted by atomic mass is 10.2. The Hall–Kier alpha value is -1.62. The molecule has 172 valence electrons. The molecule has 0 saturated carbocycles. The maximum absolute atomic E-state index is 5.60. The van der Waals surface area contributed by atoms with Gasteiger partial charge in [-0.05, 0) is 24.1 Å². The SMILES string of the molecule is CN=C(NCCCOCc1ccco1)NCCN1CCN(Cc2ccccc2)CC1.I. The Morgan fingerprint density at radius 2 is 1.74 bits per heavy atom. The molecule has 1 aromatic heterocycles. The Labute approximate surface area is 203 Å². The molecule has 0 unspecified atom stereocenters. The van der Waals surface area contributed by atoms with Crippen molar-refractivity contribution in [2.75, 3.05) is 59.5 Å². The number of piperazine rings is 1. The van der Waals surface area contributed by atoms with E-state index in [4.69, 9.17) is 9.15 Å². The van der Waals surface area contributed by atoms with Crippen LogP contribution in [0.4, 0.5) is 0 Å². The lowest BCUT2D eigenvalue weighted by Crippen LogP contribution is -2.49. The van der Waals surface area contributed by atoms with Crippen molar-refractivity contribution in [3.63, 3.8) is 0 Å². The first kappa shape index (κ1) is 25.6. The Balaban J connectivity index is 0.00000341. The van der Waals surface area contributed by atoms with Crippen LogP contribution in [0.1, 0.15) is 17.7 Å². The van der Waals surface area contributed by atoms with E-state index >= 15 is 0 Å². The molecule has 1 aliphatic rings. The number of benzene rings is 1. The fraction of sp³-hybridized carbons (Fsp3) is 0.522. The van der Waals surface area contributed by atoms with Crippen LogP contribution in [0.25, 0.3) is 0 Å². The smallest absolute Gasteiger partial charge is 0.191 e. The van der Waals surface area contributed by atoms with E-state index in [0.29, 0.717) is 13.2 Å². The zero-order valence-corrected chi connectivity index (χ0v) is 20.8. The second-order valence-corrected chi connectivity index (χ2v) is 7.51. The molecule has 2 aromatic rings. The van der Waals surface area contributed by atoms with Crippen LogP contribution < -0.4 is 10.6 Å². The highest BCUT2D eigenvalue weighted by molar-refractivity contribution is 14.0. The maximum Gasteiger partial charge on any atom is 0.191 e. The van der Waals surface area contributed by atoms with E-state index in [1.165, 1.54) is 5.56 Å². The molecule has 1 saturated heterocycles. The van der Waals surface area contributed by atoms with Crippen molar-refractivity contribution in [3.8, 4) is 0 Å². The van der Waals surface area contributed by atoms with Crippen LogP contribution in [-0.4, -0.2) is 75.2 Å². The zero-order chi connectivity index (χ0) is 20.9. The predicted molar refractivity (Wildman–Crippen MR) is 136 cm³/mol. The van der Waals surface area contributed by atoms with Crippen LogP contribution in [0.2, 0.25) is 0 Å². The Bertz CT molecular complexity index is 719. The summed E-state index contributed by atoms with van der Waals surface area (Å²) in [6, 6.07) is 14.5. The molecule has 1 aromatic carbocycles. The molecule has 3 rings (SSSR count). The molecule has 0 amide bonds. The Kier molecular flexibility index (Phi) is 12.6. The quantitative estimate of drug-likeness (QED) is 0.198. The highest BCUT2D eigenvalue weighted by atomic mass is 127. The third kappa shape index (κ3) is 10.0. The van der Waals surface area contributed by atoms with Crippen LogP contribution in [-0.2, 0) is 17.9 Å². The van der Waals surface area contributed by atoms with Gasteiger partial charge < -0.3 is 19.8 Å². The summed E-state index contributed by atoms with van der Waals surface area (Å²) in [7, 11) is 1.81. The van der Waals surface area contributed by atoms with Gasteiger partial charge in [-0.1, -0.05) is 30.3 Å². The van der Waals surface area contributed by atoms with Crippen molar-refractivity contribution in [2.24, 2.45) is 4.99 Å². The van der Waals surface area contributed by atoms with Gasteiger partial charge in [-0.25, -0.2) is 0 Å². The highest BCUT2D eigenvalue weighted by Crippen LogP contribution is 2.08. The van der Waals surface area contributed by atoms with E-state index in [-0.39, 0.29) is 24.0 Å². The minimum absolute atomic E-state index is 0. The molecule has 2 N–H and O–H groups in total. The lowest BCUT2D eigenvalue weighted by molar-refractivity contribution is 0.105. The standard InChI is InChI=1S/C23H35N5O2.HI/c1-24-23(25-10-6-17-29-20-22-9-5-18-30-22)26-11-12-27-13-15-28(16-14-27)19-21-7-3-2-4-8-21;/h2-5,7-9,18H,6,10-17,19-20H2,1H3,(H2,24,25,26);1H. The molecule has 0 aliphatic carbocycles. The number of hydrogen-bond acceptors (Lipinski definition) is 5. The van der Waals surface area contributed by atoms with E-state index < -0.39 is 0 Å². The van der Waals surface area contributed by atoms with Crippen LogP contribution in [0.15, 0.2) is 58.1 Å². The fourth-order valence-corrected chi connectivity index (χ4v) is 3.51. The molecule has 31 heavy (non-hydrogen) atoms. The van der Waals surface area contributed by atoms with Crippen LogP contribution in [0.5, 0.6) is 0 Å². The number of guanidine groups is 1. The molecule has 2 heterocycles. The minimum atomic E-state index is 0. The van der Waals surface area contributed by atoms with Crippen molar-refractivity contribution in [3.05, 3.63) is 60.1 Å². The first-order valence-electron chi connectivity index (χ1n) is 10.9. The molecule has 1 aliphatic heterocycles. The van der Waals surface area contributed by atoms with Gasteiger partial charge in [0.05, 0.1) is 6.26 Å². The van der Waals surface area contributed by atoms with Crippen molar-refractivity contribution >= 4 is 29.9 Å². The van der Waals surface area contributed by atoms with E-state index in [0.717, 1.165) is 70.5 Å². The molecule has 8 heteroatoms. The summed E-state index contributed by atoms with van der Waals surface area (Å²) in [5, 5.41) is 6.75. The average Bonchev–Trinajstić information content (AvgIpc) is 3.30. The van der Waals surface area contributed by atoms with Gasteiger partial charge in [0.1, 0.15) is 12.4 Å². The molecule has 0 atom stereocenters. The first-order chi connectivity index (χ1) is 14.8. The number of nitrogens with zero attached hydrogens (tertiary/aromatic N) is 3. The number of aliphatic imine (C=N–C) groups is 1. The maximum atomic E-state index is 5.60. The van der Waals surface area contributed by atoms with Gasteiger partial charge in [0.2, 0.25) is 0 Å². The summed E-state index contributed by atoms with van der Waals surface area (Å²) < 4.78 is 10.8. The van der Waals surface area contributed by atoms with Crippen molar-refractivity contribution in [1.82, 2.24) is 20.4 Å². The van der Waals surface area contributed by atoms with Gasteiger partial charge in [-0.2, -0.15) is 0 Å². The van der Waals surface area contributed by atoms with Crippen LogP contribution in [0.3, 0.4) is 0 Å². The van der Waals surface area contributed by atoms with E-state index in [9.17, 15) is 0 Å². The summed E-state index contributed by atoms with van der Waals surface area (Å²) in [6.45, 7) is 9.52. The van der Waals surface area contributed by atoms with Crippen LogP contribution in [0, 0.1) is 0 Å². The second-order valence-electron chi connectivity index (χ2n) is 7.51. The third-order valence-electron chi connectivity index (χ3n) is 5.24. The summed E-state index contributed by atoms with van der Waals surface area (Å²) in [5.74, 6) is 1.71. The third-order valence-corrected chi connectivity index (χ3v) is 5.24. The summed E-state index contributed by atoms with van der Waals surface area (Å²) in [6.07, 6.45) is 2.59. The minimum Gasteiger partial charge on any atom is -0.467 e. The van der Waals surface area contributed by atoms with E-state index in [2.05, 4.69) is 55.8 Å². The normalized spacial score (nSPS) is 15.5. The number of hydrogen-bond donors (Lipinski definition) is 2.